The van der Waals surface area contributed by atoms with Crippen molar-refractivity contribution >= 4 is 10.0 Å². The van der Waals surface area contributed by atoms with Crippen LogP contribution in [-0.4, -0.2) is 26.2 Å². The van der Waals surface area contributed by atoms with E-state index in [1.165, 1.54) is 6.92 Å². The van der Waals surface area contributed by atoms with E-state index in [-0.39, 0.29) is 6.61 Å². The van der Waals surface area contributed by atoms with Crippen LogP contribution < -0.4 is 4.72 Å². The van der Waals surface area contributed by atoms with Gasteiger partial charge in [-0.05, 0) is 19.1 Å². The lowest BCUT2D eigenvalue weighted by molar-refractivity contribution is 0.265. The molecule has 0 aliphatic carbocycles. The van der Waals surface area contributed by atoms with E-state index in [0.717, 1.165) is 18.2 Å². The van der Waals surface area contributed by atoms with Gasteiger partial charge in [0.1, 0.15) is 11.6 Å². The summed E-state index contributed by atoms with van der Waals surface area (Å²) in [6.45, 7) is 1.05. The first-order valence-corrected chi connectivity index (χ1v) is 6.54. The Kier molecular flexibility index (Phi) is 4.55. The quantitative estimate of drug-likeness (QED) is 0.826. The van der Waals surface area contributed by atoms with Gasteiger partial charge in [0.2, 0.25) is 10.0 Å². The van der Waals surface area contributed by atoms with E-state index in [2.05, 4.69) is 4.72 Å². The molecule has 0 radical (unpaired) electrons. The minimum Gasteiger partial charge on any atom is -0.395 e. The molecule has 0 bridgehead atoms. The Labute approximate surface area is 98.3 Å². The lowest BCUT2D eigenvalue weighted by Crippen LogP contribution is -2.36. The van der Waals surface area contributed by atoms with Crippen LogP contribution in [0.25, 0.3) is 0 Å². The number of sulfonamides is 1. The molecule has 0 aliphatic rings. The Balaban J connectivity index is 2.91. The van der Waals surface area contributed by atoms with Crippen LogP contribution in [0.3, 0.4) is 0 Å². The van der Waals surface area contributed by atoms with E-state index in [0.29, 0.717) is 0 Å². The average molecular weight is 265 g/mol. The molecule has 4 nitrogen and oxygen atoms in total. The van der Waals surface area contributed by atoms with Crippen molar-refractivity contribution < 1.29 is 22.3 Å². The van der Waals surface area contributed by atoms with E-state index in [1.54, 1.807) is 0 Å². The topological polar surface area (TPSA) is 66.4 Å². The van der Waals surface area contributed by atoms with E-state index >= 15 is 0 Å². The highest BCUT2D eigenvalue weighted by Crippen LogP contribution is 2.14. The van der Waals surface area contributed by atoms with Crippen molar-refractivity contribution in [2.75, 3.05) is 6.61 Å². The smallest absolute Gasteiger partial charge is 0.216 e. The third-order valence-electron chi connectivity index (χ3n) is 2.05. The number of aliphatic hydroxyl groups excluding tert-OH is 1. The molecule has 2 N–H and O–H groups in total. The van der Waals surface area contributed by atoms with Gasteiger partial charge in [-0.15, -0.1) is 0 Å². The zero-order valence-electron chi connectivity index (χ0n) is 9.15. The fourth-order valence-electron chi connectivity index (χ4n) is 1.25. The van der Waals surface area contributed by atoms with Crippen molar-refractivity contribution in [3.05, 3.63) is 35.4 Å². The maximum Gasteiger partial charge on any atom is 0.216 e. The third-order valence-corrected chi connectivity index (χ3v) is 3.48. The minimum atomic E-state index is -3.88. The van der Waals surface area contributed by atoms with Crippen molar-refractivity contribution in [1.29, 1.82) is 0 Å². The molecule has 0 fully saturated rings. The second-order valence-electron chi connectivity index (χ2n) is 3.66. The Hall–Kier alpha value is -1.05. The predicted molar refractivity (Wildman–Crippen MR) is 58.7 cm³/mol. The molecule has 17 heavy (non-hydrogen) atoms. The predicted octanol–water partition coefficient (Wildman–Crippen LogP) is 0.765. The van der Waals surface area contributed by atoms with Gasteiger partial charge in [-0.3, -0.25) is 0 Å². The van der Waals surface area contributed by atoms with Gasteiger partial charge in [-0.25, -0.2) is 21.9 Å². The zero-order chi connectivity index (χ0) is 13.1. The molecule has 0 amide bonds. The third kappa shape index (κ3) is 4.03. The minimum absolute atomic E-state index is 0.390. The SMILES string of the molecule is CC(CO)NS(=O)(=O)Cc1c(F)cccc1F. The lowest BCUT2D eigenvalue weighted by atomic mass is 10.2. The summed E-state index contributed by atoms with van der Waals surface area (Å²) in [5, 5.41) is 8.70. The maximum absolute atomic E-state index is 13.2. The highest BCUT2D eigenvalue weighted by molar-refractivity contribution is 7.88. The molecule has 1 aromatic carbocycles. The van der Waals surface area contributed by atoms with Gasteiger partial charge in [0.05, 0.1) is 12.4 Å². The summed E-state index contributed by atoms with van der Waals surface area (Å²) in [6, 6.07) is 2.44. The second kappa shape index (κ2) is 5.52. The molecule has 1 atom stereocenters. The first-order valence-electron chi connectivity index (χ1n) is 4.89. The molecule has 1 rings (SSSR count). The van der Waals surface area contributed by atoms with E-state index < -0.39 is 39.0 Å². The summed E-state index contributed by atoms with van der Waals surface area (Å²) in [5.41, 5.74) is -0.509. The van der Waals surface area contributed by atoms with Gasteiger partial charge in [0.25, 0.3) is 0 Å². The highest BCUT2D eigenvalue weighted by Gasteiger charge is 2.19. The van der Waals surface area contributed by atoms with Gasteiger partial charge >= 0.3 is 0 Å². The van der Waals surface area contributed by atoms with Crippen LogP contribution in [0, 0.1) is 11.6 Å². The van der Waals surface area contributed by atoms with Gasteiger partial charge in [-0.2, -0.15) is 0 Å². The molecule has 96 valence electrons. The Morgan fingerprint density at radius 1 is 1.35 bits per heavy atom. The molecule has 0 aliphatic heterocycles. The van der Waals surface area contributed by atoms with E-state index in [9.17, 15) is 17.2 Å². The van der Waals surface area contributed by atoms with Gasteiger partial charge in [0, 0.05) is 11.6 Å². The summed E-state index contributed by atoms with van der Waals surface area (Å²) in [7, 11) is -3.88. The number of rotatable bonds is 5. The summed E-state index contributed by atoms with van der Waals surface area (Å²) in [5.74, 6) is -2.62. The first kappa shape index (κ1) is 14.0. The molecule has 0 aromatic heterocycles. The number of nitrogens with one attached hydrogen (secondary N) is 1. The molecule has 1 aromatic rings. The monoisotopic (exact) mass is 265 g/mol. The second-order valence-corrected chi connectivity index (χ2v) is 5.41. The van der Waals surface area contributed by atoms with Gasteiger partial charge < -0.3 is 5.11 Å². The van der Waals surface area contributed by atoms with Crippen LogP contribution in [0.1, 0.15) is 12.5 Å². The molecule has 1 unspecified atom stereocenters. The van der Waals surface area contributed by atoms with Crippen molar-refractivity contribution in [2.45, 2.75) is 18.7 Å². The number of benzene rings is 1. The first-order chi connectivity index (χ1) is 7.85. The number of aliphatic hydroxyl groups is 1. The van der Waals surface area contributed by atoms with Crippen LogP contribution in [0.2, 0.25) is 0 Å². The Morgan fingerprint density at radius 3 is 2.35 bits per heavy atom. The standard InChI is InChI=1S/C10H13F2NO3S/c1-7(5-14)13-17(15,16)6-8-9(11)3-2-4-10(8)12/h2-4,7,13-14H,5-6H2,1H3. The van der Waals surface area contributed by atoms with E-state index in [4.69, 9.17) is 5.11 Å². The molecule has 7 heteroatoms. The summed E-state index contributed by atoms with van der Waals surface area (Å²) < 4.78 is 51.6. The molecule has 0 saturated carbocycles. The van der Waals surface area contributed by atoms with Crippen LogP contribution in [-0.2, 0) is 15.8 Å². The van der Waals surface area contributed by atoms with E-state index in [1.807, 2.05) is 0 Å². The number of hydrogen-bond donors (Lipinski definition) is 2. The van der Waals surface area contributed by atoms with Crippen LogP contribution in [0.5, 0.6) is 0 Å². The fourth-order valence-corrected chi connectivity index (χ4v) is 2.67. The number of hydrogen-bond acceptors (Lipinski definition) is 3. The van der Waals surface area contributed by atoms with Crippen molar-refractivity contribution in [3.8, 4) is 0 Å². The van der Waals surface area contributed by atoms with Crippen molar-refractivity contribution in [3.63, 3.8) is 0 Å². The molecule has 0 heterocycles. The average Bonchev–Trinajstić information content (AvgIpc) is 2.23. The molecule has 0 saturated heterocycles. The lowest BCUT2D eigenvalue weighted by Gasteiger charge is -2.12. The van der Waals surface area contributed by atoms with Crippen LogP contribution in [0.4, 0.5) is 8.78 Å². The molecule has 0 spiro atoms. The van der Waals surface area contributed by atoms with Crippen LogP contribution >= 0.6 is 0 Å². The fraction of sp³-hybridized carbons (Fsp3) is 0.400. The Bertz CT molecular complexity index is 470. The zero-order valence-corrected chi connectivity index (χ0v) is 9.97. The largest absolute Gasteiger partial charge is 0.395 e. The summed E-state index contributed by atoms with van der Waals surface area (Å²) in [6.07, 6.45) is 0. The summed E-state index contributed by atoms with van der Waals surface area (Å²) >= 11 is 0. The van der Waals surface area contributed by atoms with Crippen molar-refractivity contribution in [1.82, 2.24) is 4.72 Å². The van der Waals surface area contributed by atoms with Crippen LogP contribution in [0.15, 0.2) is 18.2 Å². The van der Waals surface area contributed by atoms with Crippen molar-refractivity contribution in [2.24, 2.45) is 0 Å². The van der Waals surface area contributed by atoms with Gasteiger partial charge in [0.15, 0.2) is 0 Å². The molecular weight excluding hydrogens is 252 g/mol. The van der Waals surface area contributed by atoms with Gasteiger partial charge in [-0.1, -0.05) is 6.07 Å². The molecular formula is C10H13F2NO3S. The Morgan fingerprint density at radius 2 is 1.88 bits per heavy atom. The highest BCUT2D eigenvalue weighted by atomic mass is 32.2. The normalized spacial score (nSPS) is 13.6. The summed E-state index contributed by atoms with van der Waals surface area (Å²) in [4.78, 5) is 0. The maximum atomic E-state index is 13.2. The number of halogens is 2.